The van der Waals surface area contributed by atoms with Crippen molar-refractivity contribution in [1.29, 1.82) is 0 Å². The van der Waals surface area contributed by atoms with Crippen LogP contribution < -0.4 is 0 Å². The molecular weight excluding hydrogens is 1340 g/mol. The SMILES string of the molecule is Cc1ccc([S+](c2ccc(C(F)(F)F)cc2)c2ccc(C(F)(F)F)cc2)cc1.Cc1ccc([S+](c2ccccc2)c2ccc(C(F)(F)F)cc2)cc1.Fc1cc(F)cc([S+](c2ccccc2)c2cc(F)cc(F)c2)c1.Fc1cc(F)cc([S+](c2ccccc2)c2ccccc2)c1. The number of hydrogen-bond donors (Lipinski definition) is 0. The molecule has 0 bridgehead atoms. The van der Waals surface area contributed by atoms with E-state index < -0.39 is 114 Å². The quantitative estimate of drug-likeness (QED) is 0.0845. The monoisotopic (exact) mass is 1390 g/mol. The molecule has 96 heavy (non-hydrogen) atoms. The average molecular weight is 1390 g/mol. The van der Waals surface area contributed by atoms with Crippen molar-refractivity contribution in [3.05, 3.63) is 360 Å². The van der Waals surface area contributed by atoms with Gasteiger partial charge in [0, 0.05) is 54.6 Å². The summed E-state index contributed by atoms with van der Waals surface area (Å²) < 4.78 is 197. The molecule has 19 heteroatoms. The first-order chi connectivity index (χ1) is 45.8. The molecule has 0 saturated carbocycles. The molecule has 0 aliphatic carbocycles. The molecule has 12 rings (SSSR count). The van der Waals surface area contributed by atoms with Crippen molar-refractivity contribution >= 4 is 43.6 Å². The van der Waals surface area contributed by atoms with E-state index >= 15 is 0 Å². The zero-order valence-corrected chi connectivity index (χ0v) is 53.9. The van der Waals surface area contributed by atoms with Gasteiger partial charge < -0.3 is 0 Å². The van der Waals surface area contributed by atoms with Gasteiger partial charge in [-0.05, 0) is 159 Å². The summed E-state index contributed by atoms with van der Waals surface area (Å²) >= 11 is 0. The number of rotatable bonds is 12. The van der Waals surface area contributed by atoms with Gasteiger partial charge in [0.05, 0.1) is 60.3 Å². The molecule has 1 unspecified atom stereocenters. The Morgan fingerprint density at radius 3 is 0.531 bits per heavy atom. The van der Waals surface area contributed by atoms with E-state index in [9.17, 15) is 65.9 Å². The van der Waals surface area contributed by atoms with Crippen LogP contribution in [0.1, 0.15) is 27.8 Å². The van der Waals surface area contributed by atoms with E-state index in [1.54, 1.807) is 42.5 Å². The van der Waals surface area contributed by atoms with Gasteiger partial charge in [-0.25, -0.2) is 26.3 Å². The Hall–Kier alpha value is -9.01. The molecule has 0 heterocycles. The second kappa shape index (κ2) is 32.2. The summed E-state index contributed by atoms with van der Waals surface area (Å²) in [5, 5.41) is 0. The fourth-order valence-electron chi connectivity index (χ4n) is 9.49. The van der Waals surface area contributed by atoms with Crippen LogP contribution in [0.25, 0.3) is 0 Å². The van der Waals surface area contributed by atoms with E-state index in [0.717, 1.165) is 95.1 Å². The summed E-state index contributed by atoms with van der Waals surface area (Å²) in [5.41, 5.74) is 0.00828. The van der Waals surface area contributed by atoms with Crippen LogP contribution in [0.5, 0.6) is 0 Å². The fraction of sp³-hybridized carbons (Fsp3) is 0.0649. The molecule has 0 aliphatic rings. The van der Waals surface area contributed by atoms with E-state index in [2.05, 4.69) is 0 Å². The predicted molar refractivity (Wildman–Crippen MR) is 350 cm³/mol. The number of halogens is 15. The molecule has 0 aromatic heterocycles. The van der Waals surface area contributed by atoms with Crippen LogP contribution in [0.15, 0.2) is 356 Å². The van der Waals surface area contributed by atoms with Gasteiger partial charge in [-0.1, -0.05) is 108 Å². The average Bonchev–Trinajstić information content (AvgIpc) is 0.836. The Labute approximate surface area is 557 Å². The molecule has 12 aromatic rings. The highest BCUT2D eigenvalue weighted by molar-refractivity contribution is 7.98. The maximum atomic E-state index is 13.6. The predicted octanol–water partition coefficient (Wildman–Crippen LogP) is 23.6. The van der Waals surface area contributed by atoms with Gasteiger partial charge in [0.1, 0.15) is 34.9 Å². The lowest BCUT2D eigenvalue weighted by Gasteiger charge is -2.11. The van der Waals surface area contributed by atoms with Crippen LogP contribution in [0, 0.1) is 48.8 Å². The van der Waals surface area contributed by atoms with Gasteiger partial charge >= 0.3 is 18.5 Å². The molecule has 12 aromatic carbocycles. The maximum Gasteiger partial charge on any atom is 0.416 e. The first-order valence-corrected chi connectivity index (χ1v) is 33.9. The second-order valence-electron chi connectivity index (χ2n) is 21.0. The van der Waals surface area contributed by atoms with Crippen LogP contribution in [0.4, 0.5) is 65.9 Å². The molecule has 0 amide bonds. The number of benzene rings is 12. The van der Waals surface area contributed by atoms with Crippen molar-refractivity contribution in [3.63, 3.8) is 0 Å². The number of hydrogen-bond acceptors (Lipinski definition) is 0. The first-order valence-electron chi connectivity index (χ1n) is 29.0. The second-order valence-corrected chi connectivity index (χ2v) is 29.1. The van der Waals surface area contributed by atoms with E-state index in [1.165, 1.54) is 60.7 Å². The Kier molecular flexibility index (Phi) is 23.9. The lowest BCUT2D eigenvalue weighted by molar-refractivity contribution is -0.138. The van der Waals surface area contributed by atoms with E-state index in [0.29, 0.717) is 29.4 Å². The Balaban J connectivity index is 0.000000151. The lowest BCUT2D eigenvalue weighted by atomic mass is 10.2. The van der Waals surface area contributed by atoms with Crippen molar-refractivity contribution in [2.75, 3.05) is 0 Å². The summed E-state index contributed by atoms with van der Waals surface area (Å²) in [5.74, 6) is -4.02. The summed E-state index contributed by atoms with van der Waals surface area (Å²) in [4.78, 5) is 9.11. The van der Waals surface area contributed by atoms with Gasteiger partial charge in [-0.15, -0.1) is 0 Å². The van der Waals surface area contributed by atoms with Crippen LogP contribution in [-0.4, -0.2) is 0 Å². The maximum absolute atomic E-state index is 13.6. The zero-order valence-electron chi connectivity index (χ0n) is 50.6. The molecule has 0 aliphatic heterocycles. The molecule has 488 valence electrons. The largest absolute Gasteiger partial charge is 0.416 e. The van der Waals surface area contributed by atoms with Gasteiger partial charge in [0.15, 0.2) is 58.7 Å². The van der Waals surface area contributed by atoms with Crippen molar-refractivity contribution < 1.29 is 65.9 Å². The topological polar surface area (TPSA) is 0 Å². The molecular formula is C77H55F15S4+4. The minimum absolute atomic E-state index is 0.318. The highest BCUT2D eigenvalue weighted by Gasteiger charge is 2.38. The number of aryl methyl sites for hydroxylation is 2. The molecule has 0 saturated heterocycles. The molecule has 1 atom stereocenters. The third-order valence-corrected chi connectivity index (χ3v) is 22.7. The third-order valence-electron chi connectivity index (χ3n) is 13.9. The van der Waals surface area contributed by atoms with Crippen molar-refractivity contribution in [1.82, 2.24) is 0 Å². The lowest BCUT2D eigenvalue weighted by Crippen LogP contribution is -2.09. The van der Waals surface area contributed by atoms with E-state index in [1.807, 2.05) is 153 Å². The van der Waals surface area contributed by atoms with Crippen molar-refractivity contribution in [2.45, 2.75) is 91.1 Å². The normalized spacial score (nSPS) is 11.8. The standard InChI is InChI=1S/C21H15F6S.C20H16F3S.C18H11F4S.C18H13F2S/c1-14-2-8-17(9-3-14)28(18-10-4-15(5-11-18)20(22,23)24)19-12-6-16(7-13-19)21(25,26)27;1-15-7-11-18(12-8-15)24(17-5-3-2-4-6-17)19-13-9-16(10-14-19)20(21,22)23;19-12-6-13(20)9-17(8-12)23(16-4-2-1-3-5-16)18-10-14(21)7-15(22)11-18;19-14-11-15(20)13-18(12-14)21(16-7-3-1-4-8-16)17-9-5-2-6-10-17/h2-13H,1H3;2-14H,1H3;1-11H;1-13H/q4*+1. The fourth-order valence-corrected chi connectivity index (χ4v) is 17.9. The van der Waals surface area contributed by atoms with E-state index in [4.69, 9.17) is 0 Å². The van der Waals surface area contributed by atoms with E-state index in [-0.39, 0.29) is 0 Å². The van der Waals surface area contributed by atoms with Crippen LogP contribution in [0.2, 0.25) is 0 Å². The van der Waals surface area contributed by atoms with Crippen LogP contribution in [0.3, 0.4) is 0 Å². The Morgan fingerprint density at radius 2 is 0.344 bits per heavy atom. The third kappa shape index (κ3) is 19.6. The van der Waals surface area contributed by atoms with Gasteiger partial charge in [0.2, 0.25) is 0 Å². The van der Waals surface area contributed by atoms with Crippen molar-refractivity contribution in [2.24, 2.45) is 0 Å². The highest BCUT2D eigenvalue weighted by atomic mass is 32.2. The summed E-state index contributed by atoms with van der Waals surface area (Å²) in [7, 11) is -2.78. The number of alkyl halides is 9. The Bertz CT molecular complexity index is 4220. The van der Waals surface area contributed by atoms with Crippen LogP contribution >= 0.6 is 0 Å². The van der Waals surface area contributed by atoms with Gasteiger partial charge in [-0.3, -0.25) is 0 Å². The Morgan fingerprint density at radius 1 is 0.188 bits per heavy atom. The first kappa shape index (κ1) is 71.3. The van der Waals surface area contributed by atoms with Crippen molar-refractivity contribution in [3.8, 4) is 0 Å². The molecule has 0 radical (unpaired) electrons. The molecule has 0 fully saturated rings. The summed E-state index contributed by atoms with van der Waals surface area (Å²) in [6.45, 7) is 3.92. The molecule has 0 N–H and O–H groups in total. The van der Waals surface area contributed by atoms with Crippen LogP contribution in [-0.2, 0) is 62.1 Å². The summed E-state index contributed by atoms with van der Waals surface area (Å²) in [6.07, 6.45) is -13.2. The van der Waals surface area contributed by atoms with Gasteiger partial charge in [0.25, 0.3) is 0 Å². The minimum atomic E-state index is -4.45. The summed E-state index contributed by atoms with van der Waals surface area (Å²) in [6, 6.07) is 78.8. The highest BCUT2D eigenvalue weighted by Crippen LogP contribution is 2.40. The molecule has 0 spiro atoms. The van der Waals surface area contributed by atoms with Gasteiger partial charge in [-0.2, -0.15) is 39.5 Å². The zero-order chi connectivity index (χ0) is 68.7. The smallest absolute Gasteiger partial charge is 0.207 e. The minimum Gasteiger partial charge on any atom is -0.207 e. The molecule has 0 nitrogen and oxygen atoms in total.